The summed E-state index contributed by atoms with van der Waals surface area (Å²) in [5.41, 5.74) is -0.0765. The Bertz CT molecular complexity index is 864. The van der Waals surface area contributed by atoms with Crippen LogP contribution in [0.4, 0.5) is 0 Å². The predicted molar refractivity (Wildman–Crippen MR) is 115 cm³/mol. The SMILES string of the molecule is COc1cccc(OC)c1OCC(=O)N(Cc1ccco1)C12CC3CC(CC(C3)C1)C2. The molecule has 4 saturated carbocycles. The monoisotopic (exact) mass is 425 g/mol. The molecule has 0 aliphatic heterocycles. The van der Waals surface area contributed by atoms with Crippen molar-refractivity contribution in [3.8, 4) is 17.2 Å². The number of carbonyl (C=O) groups excluding carboxylic acids is 1. The Morgan fingerprint density at radius 2 is 1.61 bits per heavy atom. The average molecular weight is 426 g/mol. The van der Waals surface area contributed by atoms with Crippen molar-refractivity contribution in [1.82, 2.24) is 4.90 Å². The molecule has 2 aromatic rings. The van der Waals surface area contributed by atoms with Crippen molar-refractivity contribution in [2.45, 2.75) is 50.6 Å². The van der Waals surface area contributed by atoms with Crippen molar-refractivity contribution >= 4 is 5.91 Å². The van der Waals surface area contributed by atoms with Gasteiger partial charge in [-0.15, -0.1) is 0 Å². The maximum absolute atomic E-state index is 13.6. The number of nitrogens with zero attached hydrogens (tertiary/aromatic N) is 1. The molecule has 4 bridgehead atoms. The second-order valence-electron chi connectivity index (χ2n) is 9.48. The Balaban J connectivity index is 1.39. The number of rotatable bonds is 8. The molecule has 6 rings (SSSR count). The van der Waals surface area contributed by atoms with Gasteiger partial charge in [0.1, 0.15) is 5.76 Å². The summed E-state index contributed by atoms with van der Waals surface area (Å²) in [4.78, 5) is 15.7. The van der Waals surface area contributed by atoms with Gasteiger partial charge in [0.25, 0.3) is 5.91 Å². The van der Waals surface area contributed by atoms with Gasteiger partial charge in [-0.05, 0) is 80.5 Å². The third-order valence-electron chi connectivity index (χ3n) is 7.50. The minimum absolute atomic E-state index is 0.00805. The average Bonchev–Trinajstić information content (AvgIpc) is 3.28. The van der Waals surface area contributed by atoms with Crippen molar-refractivity contribution in [1.29, 1.82) is 0 Å². The fourth-order valence-electron chi connectivity index (χ4n) is 6.65. The lowest BCUT2D eigenvalue weighted by molar-refractivity contribution is -0.155. The second kappa shape index (κ2) is 8.13. The number of amides is 1. The van der Waals surface area contributed by atoms with Gasteiger partial charge in [0.15, 0.2) is 18.1 Å². The number of hydrogen-bond acceptors (Lipinski definition) is 5. The van der Waals surface area contributed by atoms with Crippen LogP contribution >= 0.6 is 0 Å². The van der Waals surface area contributed by atoms with E-state index < -0.39 is 0 Å². The highest BCUT2D eigenvalue weighted by atomic mass is 16.5. The van der Waals surface area contributed by atoms with Gasteiger partial charge < -0.3 is 23.5 Å². The number of ether oxygens (including phenoxy) is 3. The highest BCUT2D eigenvalue weighted by molar-refractivity contribution is 5.79. The van der Waals surface area contributed by atoms with E-state index in [9.17, 15) is 4.79 Å². The maximum atomic E-state index is 13.6. The fourth-order valence-corrected chi connectivity index (χ4v) is 6.65. The van der Waals surface area contributed by atoms with Crippen molar-refractivity contribution in [2.75, 3.05) is 20.8 Å². The van der Waals surface area contributed by atoms with E-state index in [4.69, 9.17) is 18.6 Å². The molecule has 1 aromatic heterocycles. The number of hydrogen-bond donors (Lipinski definition) is 0. The third-order valence-corrected chi connectivity index (χ3v) is 7.50. The summed E-state index contributed by atoms with van der Waals surface area (Å²) in [5.74, 6) is 4.61. The van der Waals surface area contributed by atoms with Crippen molar-refractivity contribution in [3.05, 3.63) is 42.4 Å². The van der Waals surface area contributed by atoms with Crippen LogP contribution in [-0.2, 0) is 11.3 Å². The van der Waals surface area contributed by atoms with E-state index in [1.165, 1.54) is 19.3 Å². The summed E-state index contributed by atoms with van der Waals surface area (Å²) in [7, 11) is 3.17. The predicted octanol–water partition coefficient (Wildman–Crippen LogP) is 4.67. The van der Waals surface area contributed by atoms with Gasteiger partial charge in [-0.25, -0.2) is 0 Å². The van der Waals surface area contributed by atoms with E-state index >= 15 is 0 Å². The summed E-state index contributed by atoms with van der Waals surface area (Å²) < 4.78 is 22.5. The van der Waals surface area contributed by atoms with E-state index in [1.54, 1.807) is 20.5 Å². The normalized spacial score (nSPS) is 28.4. The number of benzene rings is 1. The van der Waals surface area contributed by atoms with Gasteiger partial charge in [-0.1, -0.05) is 6.07 Å². The van der Waals surface area contributed by atoms with Crippen LogP contribution in [0.25, 0.3) is 0 Å². The lowest BCUT2D eigenvalue weighted by Gasteiger charge is -2.60. The van der Waals surface area contributed by atoms with Crippen LogP contribution in [0.2, 0.25) is 0 Å². The van der Waals surface area contributed by atoms with Crippen molar-refractivity contribution in [2.24, 2.45) is 17.8 Å². The molecule has 1 aromatic carbocycles. The molecule has 0 N–H and O–H groups in total. The standard InChI is InChI=1S/C25H31NO5/c1-28-21-6-3-7-22(29-2)24(21)31-16-23(27)26(15-20-5-4-8-30-20)25-12-17-9-18(13-25)11-19(10-17)14-25/h3-8,17-19H,9-16H2,1-2H3. The first kappa shape index (κ1) is 20.3. The van der Waals surface area contributed by atoms with Crippen molar-refractivity contribution in [3.63, 3.8) is 0 Å². The summed E-state index contributed by atoms with van der Waals surface area (Å²) in [5, 5.41) is 0. The number of para-hydroxylation sites is 1. The van der Waals surface area contributed by atoms with Gasteiger partial charge >= 0.3 is 0 Å². The van der Waals surface area contributed by atoms with E-state index in [-0.39, 0.29) is 18.1 Å². The molecule has 31 heavy (non-hydrogen) atoms. The van der Waals surface area contributed by atoms with Crippen LogP contribution in [0.15, 0.2) is 41.0 Å². The van der Waals surface area contributed by atoms with Crippen LogP contribution in [0.5, 0.6) is 17.2 Å². The summed E-state index contributed by atoms with van der Waals surface area (Å²) in [6.07, 6.45) is 8.97. The molecule has 6 heteroatoms. The van der Waals surface area contributed by atoms with Crippen LogP contribution in [-0.4, -0.2) is 37.2 Å². The minimum Gasteiger partial charge on any atom is -0.493 e. The Kier molecular flexibility index (Phi) is 5.32. The zero-order chi connectivity index (χ0) is 21.4. The molecule has 1 heterocycles. The molecule has 1 amide bonds. The van der Waals surface area contributed by atoms with E-state index in [1.807, 2.05) is 30.3 Å². The molecule has 0 radical (unpaired) electrons. The molecule has 4 fully saturated rings. The highest BCUT2D eigenvalue weighted by Gasteiger charge is 2.54. The summed E-state index contributed by atoms with van der Waals surface area (Å²) >= 11 is 0. The Morgan fingerprint density at radius 1 is 1.00 bits per heavy atom. The molecule has 0 spiro atoms. The van der Waals surface area contributed by atoms with Crippen molar-refractivity contribution < 1.29 is 23.4 Å². The van der Waals surface area contributed by atoms with Gasteiger partial charge in [0.2, 0.25) is 5.75 Å². The Hall–Kier alpha value is -2.63. The largest absolute Gasteiger partial charge is 0.493 e. The molecule has 0 atom stereocenters. The first-order chi connectivity index (χ1) is 15.1. The van der Waals surface area contributed by atoms with E-state index in [0.29, 0.717) is 23.8 Å². The second-order valence-corrected chi connectivity index (χ2v) is 9.48. The topological polar surface area (TPSA) is 61.1 Å². The minimum atomic E-state index is -0.0765. The molecule has 4 aliphatic carbocycles. The maximum Gasteiger partial charge on any atom is 0.261 e. The molecule has 166 valence electrons. The molecule has 0 saturated heterocycles. The van der Waals surface area contributed by atoms with Gasteiger partial charge in [-0.2, -0.15) is 0 Å². The van der Waals surface area contributed by atoms with Crippen LogP contribution < -0.4 is 14.2 Å². The van der Waals surface area contributed by atoms with E-state index in [2.05, 4.69) is 4.90 Å². The number of methoxy groups -OCH3 is 2. The van der Waals surface area contributed by atoms with Crippen LogP contribution in [0, 0.1) is 17.8 Å². The molecule has 6 nitrogen and oxygen atoms in total. The lowest BCUT2D eigenvalue weighted by Crippen LogP contribution is -2.61. The Labute approximate surface area is 183 Å². The highest BCUT2D eigenvalue weighted by Crippen LogP contribution is 2.58. The smallest absolute Gasteiger partial charge is 0.261 e. The van der Waals surface area contributed by atoms with Gasteiger partial charge in [-0.3, -0.25) is 4.79 Å². The molecule has 4 aliphatic rings. The molecular formula is C25H31NO5. The first-order valence-corrected chi connectivity index (χ1v) is 11.3. The lowest BCUT2D eigenvalue weighted by atomic mass is 9.52. The summed E-state index contributed by atoms with van der Waals surface area (Å²) in [6.45, 7) is 0.434. The molecule has 0 unspecified atom stereocenters. The fraction of sp³-hybridized carbons (Fsp3) is 0.560. The zero-order valence-electron chi connectivity index (χ0n) is 18.3. The number of carbonyl (C=O) groups is 1. The van der Waals surface area contributed by atoms with Crippen LogP contribution in [0.3, 0.4) is 0 Å². The quantitative estimate of drug-likeness (QED) is 0.615. The third kappa shape index (κ3) is 3.77. The van der Waals surface area contributed by atoms with Gasteiger partial charge in [0, 0.05) is 5.54 Å². The van der Waals surface area contributed by atoms with Crippen LogP contribution in [0.1, 0.15) is 44.3 Å². The first-order valence-electron chi connectivity index (χ1n) is 11.3. The van der Waals surface area contributed by atoms with E-state index in [0.717, 1.165) is 42.8 Å². The zero-order valence-corrected chi connectivity index (χ0v) is 18.3. The summed E-state index contributed by atoms with van der Waals surface area (Å²) in [6, 6.07) is 9.29. The Morgan fingerprint density at radius 3 is 2.13 bits per heavy atom. The molecular weight excluding hydrogens is 394 g/mol. The van der Waals surface area contributed by atoms with Gasteiger partial charge in [0.05, 0.1) is 27.0 Å². The number of furan rings is 1.